The summed E-state index contributed by atoms with van der Waals surface area (Å²) >= 11 is 0. The maximum absolute atomic E-state index is 12.4. The van der Waals surface area contributed by atoms with E-state index in [-0.39, 0.29) is 5.91 Å². The molecule has 0 aliphatic heterocycles. The Kier molecular flexibility index (Phi) is 29.9. The molecule has 2 unspecified atom stereocenters. The molecule has 7 heteroatoms. The van der Waals surface area contributed by atoms with Crippen molar-refractivity contribution in [3.63, 3.8) is 0 Å². The number of hydrogen-bond acceptors (Lipinski definition) is 4. The molecular weight excluding hydrogens is 546 g/mol. The molecule has 0 aliphatic rings. The van der Waals surface area contributed by atoms with E-state index in [9.17, 15) is 22.9 Å². The fourth-order valence-corrected chi connectivity index (χ4v) is 6.57. The minimum atomic E-state index is -4.30. The lowest BCUT2D eigenvalue weighted by molar-refractivity contribution is -0.122. The van der Waals surface area contributed by atoms with Crippen molar-refractivity contribution in [2.45, 2.75) is 212 Å². The van der Waals surface area contributed by atoms with Crippen LogP contribution in [-0.4, -0.2) is 41.9 Å². The largest absolute Gasteiger partial charge is 0.391 e. The number of rotatable bonds is 33. The number of aliphatic hydroxyl groups is 1. The van der Waals surface area contributed by atoms with E-state index in [0.717, 1.165) is 38.5 Å². The number of nitrogens with one attached hydrogen (secondary N) is 1. The highest BCUT2D eigenvalue weighted by atomic mass is 32.2. The predicted octanol–water partition coefficient (Wildman–Crippen LogP) is 10.1. The van der Waals surface area contributed by atoms with Gasteiger partial charge in [0.15, 0.2) is 0 Å². The van der Waals surface area contributed by atoms with E-state index in [4.69, 9.17) is 0 Å². The van der Waals surface area contributed by atoms with Gasteiger partial charge in [-0.3, -0.25) is 9.35 Å². The van der Waals surface area contributed by atoms with Crippen LogP contribution in [-0.2, 0) is 14.9 Å². The van der Waals surface area contributed by atoms with Gasteiger partial charge in [-0.25, -0.2) is 0 Å². The Bertz CT molecular complexity index is 685. The molecule has 0 aromatic carbocycles. The normalized spacial score (nSPS) is 13.3. The first-order chi connectivity index (χ1) is 20.3. The van der Waals surface area contributed by atoms with Crippen LogP contribution in [0.3, 0.4) is 0 Å². The molecule has 6 nitrogen and oxygen atoms in total. The Morgan fingerprint density at radius 1 is 0.548 bits per heavy atom. The summed E-state index contributed by atoms with van der Waals surface area (Å²) < 4.78 is 32.4. The molecule has 0 saturated heterocycles. The minimum absolute atomic E-state index is 0.244. The van der Waals surface area contributed by atoms with Gasteiger partial charge >= 0.3 is 0 Å². The summed E-state index contributed by atoms with van der Waals surface area (Å²) in [5, 5.41) is 13.3. The molecule has 0 aromatic rings. The van der Waals surface area contributed by atoms with E-state index in [2.05, 4.69) is 19.2 Å². The molecule has 0 aliphatic carbocycles. The lowest BCUT2D eigenvalue weighted by atomic mass is 10.0. The Hall–Kier alpha value is -0.660. The van der Waals surface area contributed by atoms with Crippen molar-refractivity contribution in [1.29, 1.82) is 0 Å². The molecule has 0 spiro atoms. The zero-order chi connectivity index (χ0) is 31.2. The zero-order valence-electron chi connectivity index (χ0n) is 27.9. The summed E-state index contributed by atoms with van der Waals surface area (Å²) in [6, 6.07) is -0.962. The third-order valence-corrected chi connectivity index (χ3v) is 9.34. The third kappa shape index (κ3) is 30.8. The van der Waals surface area contributed by atoms with Gasteiger partial charge in [0.25, 0.3) is 10.1 Å². The Labute approximate surface area is 261 Å². The molecule has 0 bridgehead atoms. The second-order valence-electron chi connectivity index (χ2n) is 12.9. The number of carbonyl (C=O) groups is 1. The Balaban J connectivity index is 3.90. The fourth-order valence-electron chi connectivity index (χ4n) is 5.81. The van der Waals surface area contributed by atoms with Crippen LogP contribution in [0.25, 0.3) is 0 Å². The van der Waals surface area contributed by atoms with Crippen molar-refractivity contribution in [1.82, 2.24) is 5.32 Å². The number of carbonyl (C=O) groups excluding carboxylic acids is 1. The van der Waals surface area contributed by atoms with E-state index in [1.165, 1.54) is 135 Å². The molecular formula is C35H71NO5S. The Morgan fingerprint density at radius 2 is 0.857 bits per heavy atom. The summed E-state index contributed by atoms with van der Waals surface area (Å²) in [5.74, 6) is -0.886. The number of amides is 1. The second-order valence-corrected chi connectivity index (χ2v) is 14.4. The smallest absolute Gasteiger partial charge is 0.266 e. The number of unbranched alkanes of at least 4 members (excludes halogenated alkanes) is 25. The van der Waals surface area contributed by atoms with Crippen LogP contribution in [0, 0.1) is 0 Å². The van der Waals surface area contributed by atoms with Crippen molar-refractivity contribution in [2.75, 3.05) is 5.75 Å². The lowest BCUT2D eigenvalue weighted by Crippen LogP contribution is -2.47. The molecule has 0 heterocycles. The highest BCUT2D eigenvalue weighted by molar-refractivity contribution is 7.85. The van der Waals surface area contributed by atoms with Gasteiger partial charge < -0.3 is 10.4 Å². The van der Waals surface area contributed by atoms with Gasteiger partial charge in [0.05, 0.1) is 17.9 Å². The van der Waals surface area contributed by atoms with Crippen LogP contribution >= 0.6 is 0 Å². The second kappa shape index (κ2) is 30.4. The highest BCUT2D eigenvalue weighted by Crippen LogP contribution is 2.16. The van der Waals surface area contributed by atoms with Crippen LogP contribution in [0.5, 0.6) is 0 Å². The van der Waals surface area contributed by atoms with Crippen molar-refractivity contribution < 1.29 is 22.9 Å². The first-order valence-corrected chi connectivity index (χ1v) is 19.8. The number of hydrogen-bond donors (Lipinski definition) is 3. The Morgan fingerprint density at radius 3 is 1.19 bits per heavy atom. The molecule has 0 fully saturated rings. The predicted molar refractivity (Wildman–Crippen MR) is 180 cm³/mol. The van der Waals surface area contributed by atoms with Gasteiger partial charge in [-0.15, -0.1) is 0 Å². The maximum Gasteiger partial charge on any atom is 0.266 e. The van der Waals surface area contributed by atoms with Gasteiger partial charge in [-0.05, 0) is 12.8 Å². The van der Waals surface area contributed by atoms with Crippen LogP contribution in [0.4, 0.5) is 0 Å². The van der Waals surface area contributed by atoms with Crippen molar-refractivity contribution in [3.05, 3.63) is 0 Å². The molecule has 0 rings (SSSR count). The van der Waals surface area contributed by atoms with Gasteiger partial charge in [0, 0.05) is 6.42 Å². The fraction of sp³-hybridized carbons (Fsp3) is 0.971. The van der Waals surface area contributed by atoms with Crippen molar-refractivity contribution in [2.24, 2.45) is 0 Å². The average Bonchev–Trinajstić information content (AvgIpc) is 2.94. The molecule has 0 saturated carbocycles. The molecule has 0 aromatic heterocycles. The standard InChI is InChI=1S/C35H71NO5S/c1-3-5-7-9-11-13-15-17-19-20-22-24-26-28-30-34(37)33(32-42(39,40)41)36-35(38)31-29-27-25-23-21-18-16-14-12-10-8-6-4-2/h33-34,37H,3-32H2,1-2H3,(H,36,38)(H,39,40,41). The van der Waals surface area contributed by atoms with Gasteiger partial charge in [-0.1, -0.05) is 181 Å². The van der Waals surface area contributed by atoms with Crippen LogP contribution in [0.2, 0.25) is 0 Å². The van der Waals surface area contributed by atoms with E-state index in [1.54, 1.807) is 0 Å². The number of aliphatic hydroxyl groups excluding tert-OH is 1. The summed E-state index contributed by atoms with van der Waals surface area (Å²) in [6.45, 7) is 4.50. The topological polar surface area (TPSA) is 104 Å². The molecule has 252 valence electrons. The first kappa shape index (κ1) is 41.3. The third-order valence-electron chi connectivity index (χ3n) is 8.56. The summed E-state index contributed by atoms with van der Waals surface area (Å²) in [6.07, 6.45) is 33.3. The molecule has 0 radical (unpaired) electrons. The maximum atomic E-state index is 12.4. The highest BCUT2D eigenvalue weighted by Gasteiger charge is 2.26. The van der Waals surface area contributed by atoms with Crippen LogP contribution < -0.4 is 5.32 Å². The zero-order valence-corrected chi connectivity index (χ0v) is 28.7. The van der Waals surface area contributed by atoms with Crippen molar-refractivity contribution in [3.8, 4) is 0 Å². The van der Waals surface area contributed by atoms with E-state index in [1.807, 2.05) is 0 Å². The van der Waals surface area contributed by atoms with Gasteiger partial charge in [0.2, 0.25) is 5.91 Å². The van der Waals surface area contributed by atoms with Gasteiger partial charge in [0.1, 0.15) is 0 Å². The van der Waals surface area contributed by atoms with Crippen LogP contribution in [0.15, 0.2) is 0 Å². The van der Waals surface area contributed by atoms with E-state index in [0.29, 0.717) is 12.8 Å². The van der Waals surface area contributed by atoms with Crippen molar-refractivity contribution >= 4 is 16.0 Å². The SMILES string of the molecule is CCCCCCCCCCCCCCCCC(O)C(CS(=O)(=O)O)NC(=O)CCCCCCCCCCCCCCC. The summed E-state index contributed by atoms with van der Waals surface area (Å²) in [4.78, 5) is 12.4. The lowest BCUT2D eigenvalue weighted by Gasteiger charge is -2.23. The van der Waals surface area contributed by atoms with E-state index < -0.39 is 28.0 Å². The minimum Gasteiger partial charge on any atom is -0.391 e. The monoisotopic (exact) mass is 618 g/mol. The summed E-state index contributed by atoms with van der Waals surface area (Å²) in [7, 11) is -4.30. The molecule has 42 heavy (non-hydrogen) atoms. The van der Waals surface area contributed by atoms with Crippen LogP contribution in [0.1, 0.15) is 200 Å². The quantitative estimate of drug-likeness (QED) is 0.0502. The molecule has 2 atom stereocenters. The molecule has 1 amide bonds. The first-order valence-electron chi connectivity index (χ1n) is 18.2. The van der Waals surface area contributed by atoms with E-state index >= 15 is 0 Å². The molecule has 3 N–H and O–H groups in total. The average molecular weight is 618 g/mol. The summed E-state index contributed by atoms with van der Waals surface area (Å²) in [5.41, 5.74) is 0. The van der Waals surface area contributed by atoms with Gasteiger partial charge in [-0.2, -0.15) is 8.42 Å².